The van der Waals surface area contributed by atoms with Crippen LogP contribution in [0.15, 0.2) is 0 Å². The highest BCUT2D eigenvalue weighted by atomic mass is 16.5. The van der Waals surface area contributed by atoms with Gasteiger partial charge in [-0.1, -0.05) is 0 Å². The second-order valence-corrected chi connectivity index (χ2v) is 3.56. The van der Waals surface area contributed by atoms with Crippen LogP contribution in [0.4, 0.5) is 0 Å². The Bertz CT molecular complexity index is 105. The number of ether oxygens (including phenoxy) is 1. The summed E-state index contributed by atoms with van der Waals surface area (Å²) in [7, 11) is 4.10. The maximum Gasteiger partial charge on any atom is 0.0518 e. The highest BCUT2D eigenvalue weighted by molar-refractivity contribution is 4.66. The Kier molecular flexibility index (Phi) is 6.34. The van der Waals surface area contributed by atoms with Gasteiger partial charge < -0.3 is 15.4 Å². The van der Waals surface area contributed by atoms with Crippen LogP contribution in [-0.4, -0.2) is 44.3 Å². The SMILES string of the molecule is CC(C)OCCC(CN)N(C)C. The van der Waals surface area contributed by atoms with Gasteiger partial charge in [-0.05, 0) is 34.4 Å². The minimum atomic E-state index is 0.325. The molecule has 0 saturated carbocycles. The first-order chi connectivity index (χ1) is 5.57. The Balaban J connectivity index is 3.45. The quantitative estimate of drug-likeness (QED) is 0.644. The topological polar surface area (TPSA) is 38.5 Å². The van der Waals surface area contributed by atoms with E-state index in [9.17, 15) is 0 Å². The molecule has 0 aromatic carbocycles. The van der Waals surface area contributed by atoms with Gasteiger partial charge >= 0.3 is 0 Å². The van der Waals surface area contributed by atoms with E-state index < -0.39 is 0 Å². The van der Waals surface area contributed by atoms with E-state index >= 15 is 0 Å². The largest absolute Gasteiger partial charge is 0.379 e. The monoisotopic (exact) mass is 174 g/mol. The first kappa shape index (κ1) is 11.9. The summed E-state index contributed by atoms with van der Waals surface area (Å²) in [5.74, 6) is 0. The van der Waals surface area contributed by atoms with Crippen molar-refractivity contribution in [3.05, 3.63) is 0 Å². The molecule has 0 spiro atoms. The number of rotatable bonds is 6. The predicted octanol–water partition coefficient (Wildman–Crippen LogP) is 0.690. The number of hydrogen-bond donors (Lipinski definition) is 1. The molecule has 0 radical (unpaired) electrons. The van der Waals surface area contributed by atoms with Gasteiger partial charge in [-0.15, -0.1) is 0 Å². The zero-order valence-corrected chi connectivity index (χ0v) is 8.71. The molecule has 0 aliphatic rings. The van der Waals surface area contributed by atoms with Crippen molar-refractivity contribution < 1.29 is 4.74 Å². The molecule has 12 heavy (non-hydrogen) atoms. The van der Waals surface area contributed by atoms with Crippen LogP contribution in [0.25, 0.3) is 0 Å². The molecule has 74 valence electrons. The first-order valence-corrected chi connectivity index (χ1v) is 4.56. The molecule has 0 fully saturated rings. The van der Waals surface area contributed by atoms with E-state index in [1.54, 1.807) is 0 Å². The van der Waals surface area contributed by atoms with Crippen LogP contribution in [0.5, 0.6) is 0 Å². The van der Waals surface area contributed by atoms with Crippen molar-refractivity contribution >= 4 is 0 Å². The molecular weight excluding hydrogens is 152 g/mol. The molecule has 0 rings (SSSR count). The van der Waals surface area contributed by atoms with Gasteiger partial charge in [0.25, 0.3) is 0 Å². The summed E-state index contributed by atoms with van der Waals surface area (Å²) in [6.45, 7) is 5.60. The normalized spacial score (nSPS) is 14.2. The molecule has 1 unspecified atom stereocenters. The maximum absolute atomic E-state index is 5.59. The third-order valence-corrected chi connectivity index (χ3v) is 1.90. The van der Waals surface area contributed by atoms with Crippen molar-refractivity contribution in [2.24, 2.45) is 5.73 Å². The maximum atomic E-state index is 5.59. The lowest BCUT2D eigenvalue weighted by Crippen LogP contribution is -2.36. The van der Waals surface area contributed by atoms with E-state index in [0.717, 1.165) is 13.0 Å². The fourth-order valence-electron chi connectivity index (χ4n) is 1.03. The molecule has 0 heterocycles. The number of nitrogens with two attached hydrogens (primary N) is 1. The lowest BCUT2D eigenvalue weighted by molar-refractivity contribution is 0.0641. The average molecular weight is 174 g/mol. The van der Waals surface area contributed by atoms with E-state index in [2.05, 4.69) is 4.90 Å². The standard InChI is InChI=1S/C9H22N2O/c1-8(2)12-6-5-9(7-10)11(3)4/h8-9H,5-7,10H2,1-4H3. The molecule has 3 nitrogen and oxygen atoms in total. The van der Waals surface area contributed by atoms with Crippen LogP contribution in [-0.2, 0) is 4.74 Å². The zero-order chi connectivity index (χ0) is 9.56. The zero-order valence-electron chi connectivity index (χ0n) is 8.71. The van der Waals surface area contributed by atoms with Crippen molar-refractivity contribution in [3.63, 3.8) is 0 Å². The Morgan fingerprint density at radius 1 is 1.33 bits per heavy atom. The van der Waals surface area contributed by atoms with Gasteiger partial charge in [-0.3, -0.25) is 0 Å². The van der Waals surface area contributed by atoms with Crippen LogP contribution in [0, 0.1) is 0 Å². The third kappa shape index (κ3) is 5.52. The Morgan fingerprint density at radius 3 is 2.25 bits per heavy atom. The number of likely N-dealkylation sites (N-methyl/N-ethyl adjacent to an activating group) is 1. The fraction of sp³-hybridized carbons (Fsp3) is 1.00. The average Bonchev–Trinajstić information content (AvgIpc) is 1.96. The molecular formula is C9H22N2O. The van der Waals surface area contributed by atoms with Gasteiger partial charge in [0, 0.05) is 19.2 Å². The van der Waals surface area contributed by atoms with E-state index in [0.29, 0.717) is 18.7 Å². The summed E-state index contributed by atoms with van der Waals surface area (Å²) >= 11 is 0. The molecule has 2 N–H and O–H groups in total. The molecule has 3 heteroatoms. The smallest absolute Gasteiger partial charge is 0.0518 e. The van der Waals surface area contributed by atoms with Crippen molar-refractivity contribution in [2.75, 3.05) is 27.2 Å². The summed E-state index contributed by atoms with van der Waals surface area (Å²) in [6, 6.07) is 0.448. The molecule has 0 amide bonds. The molecule has 0 aromatic heterocycles. The van der Waals surface area contributed by atoms with Gasteiger partial charge in [0.1, 0.15) is 0 Å². The molecule has 0 bridgehead atoms. The van der Waals surface area contributed by atoms with E-state index in [1.807, 2.05) is 27.9 Å². The second-order valence-electron chi connectivity index (χ2n) is 3.56. The van der Waals surface area contributed by atoms with Crippen LogP contribution in [0.3, 0.4) is 0 Å². The lowest BCUT2D eigenvalue weighted by atomic mass is 10.2. The predicted molar refractivity (Wildman–Crippen MR) is 52.2 cm³/mol. The van der Waals surface area contributed by atoms with Crippen molar-refractivity contribution in [3.8, 4) is 0 Å². The minimum Gasteiger partial charge on any atom is -0.379 e. The number of hydrogen-bond acceptors (Lipinski definition) is 3. The van der Waals surface area contributed by atoms with Gasteiger partial charge in [-0.25, -0.2) is 0 Å². The summed E-state index contributed by atoms with van der Waals surface area (Å²) in [5, 5.41) is 0. The summed E-state index contributed by atoms with van der Waals surface area (Å²) in [6.07, 6.45) is 1.34. The van der Waals surface area contributed by atoms with E-state index in [-0.39, 0.29) is 0 Å². The van der Waals surface area contributed by atoms with Crippen molar-refractivity contribution in [1.29, 1.82) is 0 Å². The van der Waals surface area contributed by atoms with Crippen LogP contribution in [0.2, 0.25) is 0 Å². The molecule has 0 saturated heterocycles. The fourth-order valence-corrected chi connectivity index (χ4v) is 1.03. The van der Waals surface area contributed by atoms with Crippen molar-refractivity contribution in [2.45, 2.75) is 32.4 Å². The van der Waals surface area contributed by atoms with E-state index in [4.69, 9.17) is 10.5 Å². The van der Waals surface area contributed by atoms with Gasteiger partial charge in [-0.2, -0.15) is 0 Å². The van der Waals surface area contributed by atoms with Crippen LogP contribution >= 0.6 is 0 Å². The highest BCUT2D eigenvalue weighted by Crippen LogP contribution is 1.99. The Hall–Kier alpha value is -0.120. The Morgan fingerprint density at radius 2 is 1.92 bits per heavy atom. The van der Waals surface area contributed by atoms with Gasteiger partial charge in [0.15, 0.2) is 0 Å². The first-order valence-electron chi connectivity index (χ1n) is 4.56. The Labute approximate surface area is 75.9 Å². The molecule has 0 aliphatic heterocycles. The summed E-state index contributed by atoms with van der Waals surface area (Å²) < 4.78 is 5.44. The summed E-state index contributed by atoms with van der Waals surface area (Å²) in [5.41, 5.74) is 5.59. The highest BCUT2D eigenvalue weighted by Gasteiger charge is 2.08. The molecule has 1 atom stereocenters. The van der Waals surface area contributed by atoms with Crippen LogP contribution < -0.4 is 5.73 Å². The van der Waals surface area contributed by atoms with Crippen molar-refractivity contribution in [1.82, 2.24) is 4.90 Å². The van der Waals surface area contributed by atoms with Gasteiger partial charge in [0.05, 0.1) is 6.10 Å². The molecule has 0 aromatic rings. The minimum absolute atomic E-state index is 0.325. The second kappa shape index (κ2) is 6.40. The number of nitrogens with zero attached hydrogens (tertiary/aromatic N) is 1. The lowest BCUT2D eigenvalue weighted by Gasteiger charge is -2.22. The van der Waals surface area contributed by atoms with Crippen LogP contribution in [0.1, 0.15) is 20.3 Å². The molecule has 0 aliphatic carbocycles. The third-order valence-electron chi connectivity index (χ3n) is 1.90. The van der Waals surface area contributed by atoms with E-state index in [1.165, 1.54) is 0 Å². The van der Waals surface area contributed by atoms with Gasteiger partial charge in [0.2, 0.25) is 0 Å². The summed E-state index contributed by atoms with van der Waals surface area (Å²) in [4.78, 5) is 2.14.